The highest BCUT2D eigenvalue weighted by atomic mass is 15.3. The average molecular weight is 277 g/mol. The van der Waals surface area contributed by atoms with Crippen LogP contribution in [0.25, 0.3) is 0 Å². The van der Waals surface area contributed by atoms with E-state index in [0.29, 0.717) is 11.2 Å². The molecular weight excluding hydrogens is 250 g/mol. The van der Waals surface area contributed by atoms with Crippen LogP contribution in [0.4, 0.5) is 11.6 Å². The first-order valence-electron chi connectivity index (χ1n) is 7.49. The van der Waals surface area contributed by atoms with E-state index in [-0.39, 0.29) is 5.41 Å². The topological polar surface area (TPSA) is 75.9 Å². The van der Waals surface area contributed by atoms with E-state index < -0.39 is 0 Å². The number of aromatic nitrogens is 2. The minimum absolute atomic E-state index is 0.0950. The van der Waals surface area contributed by atoms with E-state index in [1.807, 2.05) is 6.07 Å². The van der Waals surface area contributed by atoms with Crippen LogP contribution in [-0.2, 0) is 5.41 Å². The van der Waals surface area contributed by atoms with Gasteiger partial charge in [0.15, 0.2) is 0 Å². The van der Waals surface area contributed by atoms with Crippen molar-refractivity contribution in [2.24, 2.45) is 11.3 Å². The van der Waals surface area contributed by atoms with Gasteiger partial charge in [-0.25, -0.2) is 15.8 Å². The Morgan fingerprint density at radius 2 is 1.90 bits per heavy atom. The highest BCUT2D eigenvalue weighted by Crippen LogP contribution is 2.43. The summed E-state index contributed by atoms with van der Waals surface area (Å²) in [7, 11) is 0. The third-order valence-corrected chi connectivity index (χ3v) is 4.35. The fraction of sp³-hybridized carbons (Fsp3) is 0.733. The second-order valence-electron chi connectivity index (χ2n) is 6.92. The van der Waals surface area contributed by atoms with Gasteiger partial charge in [0.25, 0.3) is 0 Å². The van der Waals surface area contributed by atoms with Crippen LogP contribution < -0.4 is 16.6 Å². The molecule has 1 aromatic rings. The maximum absolute atomic E-state index is 5.51. The van der Waals surface area contributed by atoms with Crippen molar-refractivity contribution in [2.45, 2.75) is 58.8 Å². The molecule has 1 aliphatic rings. The first kappa shape index (κ1) is 15.0. The van der Waals surface area contributed by atoms with Crippen molar-refractivity contribution in [3.05, 3.63) is 11.9 Å². The van der Waals surface area contributed by atoms with Crippen LogP contribution in [-0.4, -0.2) is 16.5 Å². The summed E-state index contributed by atoms with van der Waals surface area (Å²) in [6.07, 6.45) is 5.20. The average Bonchev–Trinajstić information content (AvgIpc) is 2.36. The van der Waals surface area contributed by atoms with Gasteiger partial charge in [0.1, 0.15) is 17.5 Å². The molecule has 1 aromatic heterocycles. The summed E-state index contributed by atoms with van der Waals surface area (Å²) in [5.41, 5.74) is 2.99. The standard InChI is InChI=1S/C15H27N5/c1-5-15(7-6-8-15)10-17-11-9-12(20-16)19-13(18-11)14(2,3)4/h9H,5-8,10,16H2,1-4H3,(H2,17,18,19,20). The quantitative estimate of drug-likeness (QED) is 0.569. The predicted octanol–water partition coefficient (Wildman–Crippen LogP) is 3.05. The second kappa shape index (κ2) is 5.56. The molecular formula is C15H27N5. The van der Waals surface area contributed by atoms with Gasteiger partial charge in [-0.05, 0) is 24.7 Å². The Labute approximate surface area is 121 Å². The van der Waals surface area contributed by atoms with Gasteiger partial charge in [0, 0.05) is 18.0 Å². The zero-order valence-corrected chi connectivity index (χ0v) is 13.1. The van der Waals surface area contributed by atoms with Gasteiger partial charge in [0.2, 0.25) is 0 Å². The molecule has 20 heavy (non-hydrogen) atoms. The number of hydrazine groups is 1. The largest absolute Gasteiger partial charge is 0.369 e. The lowest BCUT2D eigenvalue weighted by molar-refractivity contribution is 0.145. The van der Waals surface area contributed by atoms with E-state index in [0.717, 1.165) is 18.2 Å². The van der Waals surface area contributed by atoms with Crippen molar-refractivity contribution in [2.75, 3.05) is 17.3 Å². The molecule has 112 valence electrons. The lowest BCUT2D eigenvalue weighted by atomic mass is 9.67. The molecule has 0 unspecified atom stereocenters. The van der Waals surface area contributed by atoms with E-state index in [9.17, 15) is 0 Å². The molecule has 1 saturated carbocycles. The monoisotopic (exact) mass is 277 g/mol. The third kappa shape index (κ3) is 3.20. The fourth-order valence-corrected chi connectivity index (χ4v) is 2.56. The number of nitrogens with zero attached hydrogens (tertiary/aromatic N) is 2. The third-order valence-electron chi connectivity index (χ3n) is 4.35. The molecule has 0 bridgehead atoms. The maximum atomic E-state index is 5.51. The van der Waals surface area contributed by atoms with Crippen LogP contribution in [0.2, 0.25) is 0 Å². The summed E-state index contributed by atoms with van der Waals surface area (Å²) in [6, 6.07) is 1.87. The minimum Gasteiger partial charge on any atom is -0.369 e. The molecule has 0 radical (unpaired) electrons. The van der Waals surface area contributed by atoms with Crippen LogP contribution in [0.3, 0.4) is 0 Å². The van der Waals surface area contributed by atoms with Crippen molar-refractivity contribution in [3.8, 4) is 0 Å². The summed E-state index contributed by atoms with van der Waals surface area (Å²) in [4.78, 5) is 9.07. The van der Waals surface area contributed by atoms with E-state index in [4.69, 9.17) is 5.84 Å². The molecule has 0 amide bonds. The van der Waals surface area contributed by atoms with E-state index in [1.54, 1.807) is 0 Å². The number of anilines is 2. The highest BCUT2D eigenvalue weighted by molar-refractivity contribution is 5.47. The SMILES string of the molecule is CCC1(CNc2cc(NN)nc(C(C)(C)C)n2)CCC1. The number of hydrogen-bond donors (Lipinski definition) is 3. The van der Waals surface area contributed by atoms with Gasteiger partial charge in [-0.1, -0.05) is 34.1 Å². The Hall–Kier alpha value is -1.36. The van der Waals surface area contributed by atoms with Gasteiger partial charge in [0.05, 0.1) is 0 Å². The summed E-state index contributed by atoms with van der Waals surface area (Å²) in [5.74, 6) is 7.83. The van der Waals surface area contributed by atoms with Gasteiger partial charge < -0.3 is 10.7 Å². The molecule has 0 atom stereocenters. The Balaban J connectivity index is 2.14. The van der Waals surface area contributed by atoms with Gasteiger partial charge in [-0.15, -0.1) is 0 Å². The summed E-state index contributed by atoms with van der Waals surface area (Å²) < 4.78 is 0. The molecule has 2 rings (SSSR count). The van der Waals surface area contributed by atoms with Crippen LogP contribution in [0.5, 0.6) is 0 Å². The fourth-order valence-electron chi connectivity index (χ4n) is 2.56. The molecule has 4 N–H and O–H groups in total. The number of nitrogens with one attached hydrogen (secondary N) is 2. The number of nitrogens with two attached hydrogens (primary N) is 1. The van der Waals surface area contributed by atoms with Gasteiger partial charge >= 0.3 is 0 Å². The van der Waals surface area contributed by atoms with Crippen LogP contribution >= 0.6 is 0 Å². The van der Waals surface area contributed by atoms with Crippen molar-refractivity contribution in [1.82, 2.24) is 9.97 Å². The Kier molecular flexibility index (Phi) is 4.18. The lowest BCUT2D eigenvalue weighted by Crippen LogP contribution is -2.36. The molecule has 1 aliphatic carbocycles. The number of rotatable bonds is 5. The summed E-state index contributed by atoms with van der Waals surface area (Å²) in [5, 5.41) is 3.48. The number of hydrogen-bond acceptors (Lipinski definition) is 5. The van der Waals surface area contributed by atoms with Crippen molar-refractivity contribution >= 4 is 11.6 Å². The molecule has 1 fully saturated rings. The van der Waals surface area contributed by atoms with E-state index >= 15 is 0 Å². The van der Waals surface area contributed by atoms with Gasteiger partial charge in [-0.2, -0.15) is 0 Å². The van der Waals surface area contributed by atoms with Crippen molar-refractivity contribution in [3.63, 3.8) is 0 Å². The zero-order chi connectivity index (χ0) is 14.8. The maximum Gasteiger partial charge on any atom is 0.145 e. The Morgan fingerprint density at radius 3 is 2.35 bits per heavy atom. The molecule has 5 heteroatoms. The second-order valence-corrected chi connectivity index (χ2v) is 6.92. The highest BCUT2D eigenvalue weighted by Gasteiger charge is 2.34. The molecule has 5 nitrogen and oxygen atoms in total. The summed E-state index contributed by atoms with van der Waals surface area (Å²) >= 11 is 0. The van der Waals surface area contributed by atoms with Gasteiger partial charge in [-0.3, -0.25) is 0 Å². The van der Waals surface area contributed by atoms with E-state index in [1.165, 1.54) is 25.7 Å². The Bertz CT molecular complexity index is 454. The normalized spacial score (nSPS) is 17.4. The lowest BCUT2D eigenvalue weighted by Gasteiger charge is -2.41. The molecule has 1 heterocycles. The first-order valence-corrected chi connectivity index (χ1v) is 7.49. The van der Waals surface area contributed by atoms with Crippen LogP contribution in [0.15, 0.2) is 6.07 Å². The minimum atomic E-state index is -0.0950. The molecule has 0 aliphatic heterocycles. The molecule has 0 spiro atoms. The zero-order valence-electron chi connectivity index (χ0n) is 13.1. The van der Waals surface area contributed by atoms with Crippen molar-refractivity contribution in [1.29, 1.82) is 0 Å². The van der Waals surface area contributed by atoms with Crippen LogP contribution in [0, 0.1) is 5.41 Å². The smallest absolute Gasteiger partial charge is 0.145 e. The van der Waals surface area contributed by atoms with Crippen LogP contribution in [0.1, 0.15) is 59.2 Å². The molecule has 0 aromatic carbocycles. The van der Waals surface area contributed by atoms with Crippen molar-refractivity contribution < 1.29 is 0 Å². The Morgan fingerprint density at radius 1 is 1.25 bits per heavy atom. The summed E-state index contributed by atoms with van der Waals surface area (Å²) in [6.45, 7) is 9.56. The van der Waals surface area contributed by atoms with E-state index in [2.05, 4.69) is 48.4 Å². The first-order chi connectivity index (χ1) is 9.38. The predicted molar refractivity (Wildman–Crippen MR) is 83.6 cm³/mol. The molecule has 0 saturated heterocycles. The number of nitrogen functional groups attached to an aromatic ring is 1.